The van der Waals surface area contributed by atoms with Gasteiger partial charge in [0, 0.05) is 50.8 Å². The van der Waals surface area contributed by atoms with Crippen molar-refractivity contribution < 1.29 is 5.11 Å². The van der Waals surface area contributed by atoms with Gasteiger partial charge in [-0.1, -0.05) is 0 Å². The second-order valence-electron chi connectivity index (χ2n) is 7.33. The lowest BCUT2D eigenvalue weighted by molar-refractivity contribution is -0.0430. The summed E-state index contributed by atoms with van der Waals surface area (Å²) in [6, 6.07) is 3.97. The Labute approximate surface area is 148 Å². The van der Waals surface area contributed by atoms with Crippen LogP contribution in [0, 0.1) is 6.92 Å². The lowest BCUT2D eigenvalue weighted by Gasteiger charge is -2.49. The molecule has 7 heteroatoms. The van der Waals surface area contributed by atoms with Crippen molar-refractivity contribution in [3.05, 3.63) is 35.9 Å². The van der Waals surface area contributed by atoms with Crippen molar-refractivity contribution >= 4 is 5.95 Å². The Bertz CT molecular complexity index is 704. The topological polar surface area (TPSA) is 70.3 Å². The maximum atomic E-state index is 9.83. The summed E-state index contributed by atoms with van der Waals surface area (Å²) in [6.45, 7) is 6.61. The van der Waals surface area contributed by atoms with E-state index in [0.717, 1.165) is 50.1 Å². The van der Waals surface area contributed by atoms with E-state index in [1.807, 2.05) is 23.9 Å². The molecule has 2 aromatic rings. The number of aliphatic hydroxyl groups is 1. The summed E-state index contributed by atoms with van der Waals surface area (Å²) in [5, 5.41) is 14.1. The smallest absolute Gasteiger partial charge is 0.225 e. The van der Waals surface area contributed by atoms with Crippen LogP contribution < -0.4 is 4.90 Å². The zero-order valence-electron chi connectivity index (χ0n) is 14.8. The van der Waals surface area contributed by atoms with Gasteiger partial charge in [-0.15, -0.1) is 0 Å². The molecule has 4 heterocycles. The molecule has 4 rings (SSSR count). The molecule has 2 saturated heterocycles. The number of aryl methyl sites for hydroxylation is 1. The van der Waals surface area contributed by atoms with E-state index in [0.29, 0.717) is 0 Å². The molecule has 0 aromatic carbocycles. The lowest BCUT2D eigenvalue weighted by Crippen LogP contribution is -2.64. The van der Waals surface area contributed by atoms with Crippen molar-refractivity contribution in [2.24, 2.45) is 0 Å². The molecule has 0 radical (unpaired) electrons. The van der Waals surface area contributed by atoms with Gasteiger partial charge in [-0.25, -0.2) is 9.97 Å². The van der Waals surface area contributed by atoms with E-state index in [4.69, 9.17) is 4.98 Å². The van der Waals surface area contributed by atoms with Crippen molar-refractivity contribution in [3.8, 4) is 0 Å². The Morgan fingerprint density at radius 2 is 1.96 bits per heavy atom. The van der Waals surface area contributed by atoms with Gasteiger partial charge in [0.05, 0.1) is 12.3 Å². The van der Waals surface area contributed by atoms with Crippen LogP contribution in [0.4, 0.5) is 5.95 Å². The highest BCUT2D eigenvalue weighted by Crippen LogP contribution is 2.29. The molecule has 0 spiro atoms. The van der Waals surface area contributed by atoms with E-state index in [9.17, 15) is 5.11 Å². The quantitative estimate of drug-likeness (QED) is 0.880. The van der Waals surface area contributed by atoms with Gasteiger partial charge in [0.1, 0.15) is 5.54 Å². The number of hydrogen-bond donors (Lipinski definition) is 1. The predicted molar refractivity (Wildman–Crippen MR) is 95.4 cm³/mol. The Morgan fingerprint density at radius 3 is 2.64 bits per heavy atom. The highest BCUT2D eigenvalue weighted by Gasteiger charge is 2.44. The fraction of sp³-hybridized carbons (Fsp3) is 0.611. The predicted octanol–water partition coefficient (Wildman–Crippen LogP) is 1.18. The third-order valence-electron chi connectivity index (χ3n) is 5.24. The number of rotatable bonds is 5. The molecule has 0 amide bonds. The van der Waals surface area contributed by atoms with Crippen LogP contribution in [0.2, 0.25) is 0 Å². The molecule has 2 fully saturated rings. The minimum atomic E-state index is -0.290. The summed E-state index contributed by atoms with van der Waals surface area (Å²) in [6.07, 6.45) is 7.44. The molecule has 25 heavy (non-hydrogen) atoms. The van der Waals surface area contributed by atoms with Crippen LogP contribution in [0.5, 0.6) is 0 Å². The van der Waals surface area contributed by atoms with Gasteiger partial charge in [-0.2, -0.15) is 5.10 Å². The highest BCUT2D eigenvalue weighted by molar-refractivity contribution is 5.33. The molecule has 0 saturated carbocycles. The van der Waals surface area contributed by atoms with Gasteiger partial charge < -0.3 is 10.0 Å². The fourth-order valence-electron chi connectivity index (χ4n) is 3.93. The SMILES string of the molecule is Cc1cc(CN2CC(CO)(n3cccn3)C2)nc(N2CCCCC2)n1. The molecule has 2 aliphatic heterocycles. The van der Waals surface area contributed by atoms with E-state index in [1.54, 1.807) is 6.20 Å². The maximum absolute atomic E-state index is 9.83. The van der Waals surface area contributed by atoms with Gasteiger partial charge >= 0.3 is 0 Å². The van der Waals surface area contributed by atoms with Crippen LogP contribution in [-0.4, -0.2) is 62.5 Å². The Balaban J connectivity index is 1.44. The zero-order chi connectivity index (χ0) is 17.3. The number of piperidine rings is 1. The van der Waals surface area contributed by atoms with Crippen LogP contribution in [0.3, 0.4) is 0 Å². The molecule has 7 nitrogen and oxygen atoms in total. The van der Waals surface area contributed by atoms with Crippen molar-refractivity contribution in [3.63, 3.8) is 0 Å². The first-order chi connectivity index (χ1) is 12.2. The number of nitrogens with zero attached hydrogens (tertiary/aromatic N) is 6. The van der Waals surface area contributed by atoms with Gasteiger partial charge in [0.25, 0.3) is 0 Å². The standard InChI is InChI=1S/C18H26N6O/c1-15-10-16(21-17(20-15)23-7-3-2-4-8-23)11-22-12-18(13-22,14-25)24-9-5-6-19-24/h5-6,9-10,25H,2-4,7-8,11-14H2,1H3. The Kier molecular flexibility index (Phi) is 4.43. The molecular weight excluding hydrogens is 316 g/mol. The van der Waals surface area contributed by atoms with Crippen LogP contribution >= 0.6 is 0 Å². The number of aliphatic hydroxyl groups excluding tert-OH is 1. The molecule has 134 valence electrons. The molecule has 0 aliphatic carbocycles. The zero-order valence-corrected chi connectivity index (χ0v) is 14.8. The van der Waals surface area contributed by atoms with E-state index >= 15 is 0 Å². The van der Waals surface area contributed by atoms with Gasteiger partial charge in [0.2, 0.25) is 5.95 Å². The van der Waals surface area contributed by atoms with Crippen LogP contribution in [0.1, 0.15) is 30.7 Å². The number of aromatic nitrogens is 4. The van der Waals surface area contributed by atoms with Crippen molar-refractivity contribution in [2.45, 2.75) is 38.3 Å². The van der Waals surface area contributed by atoms with E-state index in [-0.39, 0.29) is 12.1 Å². The van der Waals surface area contributed by atoms with Crippen LogP contribution in [0.15, 0.2) is 24.5 Å². The van der Waals surface area contributed by atoms with Crippen LogP contribution in [0.25, 0.3) is 0 Å². The van der Waals surface area contributed by atoms with Gasteiger partial charge in [-0.3, -0.25) is 9.58 Å². The minimum Gasteiger partial charge on any atom is -0.394 e. The molecule has 2 aliphatic rings. The average Bonchev–Trinajstić information content (AvgIpc) is 3.13. The summed E-state index contributed by atoms with van der Waals surface area (Å²) >= 11 is 0. The maximum Gasteiger partial charge on any atom is 0.225 e. The molecule has 1 N–H and O–H groups in total. The summed E-state index contributed by atoms with van der Waals surface area (Å²) in [5.41, 5.74) is 1.79. The number of likely N-dealkylation sites (tertiary alicyclic amines) is 1. The summed E-state index contributed by atoms with van der Waals surface area (Å²) in [4.78, 5) is 14.0. The molecule has 2 aromatic heterocycles. The second-order valence-corrected chi connectivity index (χ2v) is 7.33. The third-order valence-corrected chi connectivity index (χ3v) is 5.24. The first kappa shape index (κ1) is 16.5. The van der Waals surface area contributed by atoms with Crippen molar-refractivity contribution in [2.75, 3.05) is 37.7 Å². The van der Waals surface area contributed by atoms with Gasteiger partial charge in [0.15, 0.2) is 0 Å². The normalized spacial score (nSPS) is 20.5. The number of anilines is 1. The molecule has 0 bridgehead atoms. The van der Waals surface area contributed by atoms with Crippen molar-refractivity contribution in [1.82, 2.24) is 24.6 Å². The molecular formula is C18H26N6O. The average molecular weight is 342 g/mol. The summed E-state index contributed by atoms with van der Waals surface area (Å²) < 4.78 is 1.88. The third kappa shape index (κ3) is 3.26. The van der Waals surface area contributed by atoms with Crippen LogP contribution in [-0.2, 0) is 12.1 Å². The summed E-state index contributed by atoms with van der Waals surface area (Å²) in [7, 11) is 0. The number of hydrogen-bond acceptors (Lipinski definition) is 6. The van der Waals surface area contributed by atoms with Gasteiger partial charge in [-0.05, 0) is 38.3 Å². The largest absolute Gasteiger partial charge is 0.394 e. The van der Waals surface area contributed by atoms with Crippen molar-refractivity contribution in [1.29, 1.82) is 0 Å². The molecule has 0 atom stereocenters. The lowest BCUT2D eigenvalue weighted by atomic mass is 9.90. The minimum absolute atomic E-state index is 0.104. The second kappa shape index (κ2) is 6.72. The molecule has 0 unspecified atom stereocenters. The van der Waals surface area contributed by atoms with E-state index < -0.39 is 0 Å². The Hall–Kier alpha value is -1.99. The highest BCUT2D eigenvalue weighted by atomic mass is 16.3. The Morgan fingerprint density at radius 1 is 1.16 bits per heavy atom. The van der Waals surface area contributed by atoms with E-state index in [2.05, 4.69) is 25.9 Å². The van der Waals surface area contributed by atoms with E-state index in [1.165, 1.54) is 19.3 Å². The summed E-state index contributed by atoms with van der Waals surface area (Å²) in [5.74, 6) is 0.871. The first-order valence-corrected chi connectivity index (χ1v) is 9.11. The fourth-order valence-corrected chi connectivity index (χ4v) is 3.93. The first-order valence-electron chi connectivity index (χ1n) is 9.11. The monoisotopic (exact) mass is 342 g/mol.